The molecule has 8 nitrogen and oxygen atoms in total. The number of ether oxygens (including phenoxy) is 3. The summed E-state index contributed by atoms with van der Waals surface area (Å²) in [6.45, 7) is 1.51. The minimum Gasteiger partial charge on any atom is -0.507 e. The molecule has 128 valence electrons. The zero-order valence-corrected chi connectivity index (χ0v) is 13.0. The molecule has 2 heterocycles. The summed E-state index contributed by atoms with van der Waals surface area (Å²) in [5, 5.41) is 19.7. The van der Waals surface area contributed by atoms with E-state index < -0.39 is 47.9 Å². The molecule has 2 N–H and O–H groups in total. The molecule has 1 saturated heterocycles. The van der Waals surface area contributed by atoms with Gasteiger partial charge in [0.2, 0.25) is 5.60 Å². The maximum atomic E-state index is 12.5. The number of aromatic hydroxyl groups is 1. The molecule has 0 spiro atoms. The van der Waals surface area contributed by atoms with Crippen molar-refractivity contribution in [3.63, 3.8) is 0 Å². The van der Waals surface area contributed by atoms with Gasteiger partial charge < -0.3 is 24.4 Å². The minimum absolute atomic E-state index is 0.0127. The van der Waals surface area contributed by atoms with Crippen LogP contribution in [0.15, 0.2) is 18.2 Å². The number of ketones is 1. The highest BCUT2D eigenvalue weighted by molar-refractivity contribution is 6.06. The van der Waals surface area contributed by atoms with Crippen LogP contribution in [0.4, 0.5) is 0 Å². The molecule has 2 aliphatic rings. The fourth-order valence-electron chi connectivity index (χ4n) is 3.21. The average Bonchev–Trinajstić information content (AvgIpc) is 2.81. The highest BCUT2D eigenvalue weighted by atomic mass is 16.6. The first kappa shape index (κ1) is 16.3. The van der Waals surface area contributed by atoms with Crippen LogP contribution in [-0.2, 0) is 19.1 Å². The number of phenols is 1. The summed E-state index contributed by atoms with van der Waals surface area (Å²) >= 11 is 0. The number of hydrogen-bond donors (Lipinski definition) is 2. The Hall–Kier alpha value is -2.61. The van der Waals surface area contributed by atoms with E-state index >= 15 is 0 Å². The molecule has 4 unspecified atom stereocenters. The summed E-state index contributed by atoms with van der Waals surface area (Å²) < 4.78 is 15.6. The molecule has 8 heteroatoms. The second kappa shape index (κ2) is 5.48. The maximum absolute atomic E-state index is 12.5. The Morgan fingerprint density at radius 3 is 2.67 bits per heavy atom. The number of aliphatic hydroxyl groups is 1. The number of fused-ring (bicyclic) bond motifs is 1. The van der Waals surface area contributed by atoms with Crippen molar-refractivity contribution in [2.24, 2.45) is 5.92 Å². The van der Waals surface area contributed by atoms with E-state index in [-0.39, 0.29) is 17.1 Å². The van der Waals surface area contributed by atoms with Crippen LogP contribution < -0.4 is 4.74 Å². The molecule has 24 heavy (non-hydrogen) atoms. The van der Waals surface area contributed by atoms with E-state index in [1.807, 2.05) is 0 Å². The molecule has 2 aliphatic heterocycles. The van der Waals surface area contributed by atoms with E-state index in [0.29, 0.717) is 0 Å². The van der Waals surface area contributed by atoms with Gasteiger partial charge in [-0.05, 0) is 12.1 Å². The summed E-state index contributed by atoms with van der Waals surface area (Å²) in [6.07, 6.45) is -3.12. The van der Waals surface area contributed by atoms with Crippen LogP contribution >= 0.6 is 0 Å². The molecule has 1 aromatic rings. The fraction of sp³-hybridized carbons (Fsp3) is 0.438. The molecule has 4 atom stereocenters. The summed E-state index contributed by atoms with van der Waals surface area (Å²) in [5.74, 6) is -3.42. The van der Waals surface area contributed by atoms with E-state index in [1.165, 1.54) is 25.1 Å². The monoisotopic (exact) mass is 336 g/mol. The third-order valence-electron chi connectivity index (χ3n) is 4.45. The topological polar surface area (TPSA) is 119 Å². The van der Waals surface area contributed by atoms with Crippen LogP contribution in [-0.4, -0.2) is 52.9 Å². The molecule has 0 amide bonds. The average molecular weight is 336 g/mol. The largest absolute Gasteiger partial charge is 0.507 e. The third kappa shape index (κ3) is 2.14. The van der Waals surface area contributed by atoms with Gasteiger partial charge in [-0.15, -0.1) is 0 Å². The van der Waals surface area contributed by atoms with Gasteiger partial charge in [0.25, 0.3) is 0 Å². The number of carbonyl (C=O) groups is 3. The molecule has 0 aromatic heterocycles. The predicted molar refractivity (Wildman–Crippen MR) is 77.5 cm³/mol. The SMILES string of the molecule is COC(=O)C1(C2OC(=O)C(O)C2C)CC(=O)c2c(O)cccc2O1. The minimum atomic E-state index is -1.92. The van der Waals surface area contributed by atoms with Gasteiger partial charge in [-0.3, -0.25) is 4.79 Å². The van der Waals surface area contributed by atoms with Crippen molar-refractivity contribution in [2.45, 2.75) is 31.2 Å². The number of rotatable bonds is 2. The van der Waals surface area contributed by atoms with Gasteiger partial charge in [0.1, 0.15) is 17.1 Å². The lowest BCUT2D eigenvalue weighted by molar-refractivity contribution is -0.177. The number of benzene rings is 1. The first-order valence-electron chi connectivity index (χ1n) is 7.33. The Morgan fingerprint density at radius 1 is 1.38 bits per heavy atom. The fourth-order valence-corrected chi connectivity index (χ4v) is 3.21. The Labute approximate surface area is 136 Å². The van der Waals surface area contributed by atoms with E-state index in [4.69, 9.17) is 14.2 Å². The quantitative estimate of drug-likeness (QED) is 0.735. The number of methoxy groups -OCH3 is 1. The van der Waals surface area contributed by atoms with E-state index in [2.05, 4.69) is 0 Å². The molecule has 1 fully saturated rings. The van der Waals surface area contributed by atoms with Crippen LogP contribution in [0.5, 0.6) is 11.5 Å². The lowest BCUT2D eigenvalue weighted by atomic mass is 9.80. The number of Topliss-reactive ketones (excluding diaryl/α,β-unsaturated/α-hetero) is 1. The first-order valence-corrected chi connectivity index (χ1v) is 7.33. The van der Waals surface area contributed by atoms with Gasteiger partial charge in [-0.2, -0.15) is 0 Å². The van der Waals surface area contributed by atoms with Crippen LogP contribution in [0.2, 0.25) is 0 Å². The summed E-state index contributed by atoms with van der Waals surface area (Å²) in [4.78, 5) is 36.6. The normalized spacial score (nSPS) is 31.9. The Bertz CT molecular complexity index is 727. The van der Waals surface area contributed by atoms with Crippen molar-refractivity contribution in [1.29, 1.82) is 0 Å². The first-order chi connectivity index (χ1) is 11.3. The summed E-state index contributed by atoms with van der Waals surface area (Å²) in [5.41, 5.74) is -1.96. The van der Waals surface area contributed by atoms with Gasteiger partial charge in [0, 0.05) is 5.92 Å². The second-order valence-corrected chi connectivity index (χ2v) is 5.89. The van der Waals surface area contributed by atoms with Crippen molar-refractivity contribution in [2.75, 3.05) is 7.11 Å². The summed E-state index contributed by atoms with van der Waals surface area (Å²) in [6, 6.07) is 4.20. The summed E-state index contributed by atoms with van der Waals surface area (Å²) in [7, 11) is 1.12. The van der Waals surface area contributed by atoms with Crippen LogP contribution in [0.3, 0.4) is 0 Å². The zero-order valence-electron chi connectivity index (χ0n) is 13.0. The van der Waals surface area contributed by atoms with Crippen molar-refractivity contribution in [3.05, 3.63) is 23.8 Å². The Balaban J connectivity index is 2.11. The van der Waals surface area contributed by atoms with Crippen molar-refractivity contribution in [3.8, 4) is 11.5 Å². The van der Waals surface area contributed by atoms with Gasteiger partial charge in [-0.25, -0.2) is 9.59 Å². The van der Waals surface area contributed by atoms with Gasteiger partial charge in [-0.1, -0.05) is 13.0 Å². The molecular formula is C16H16O8. The van der Waals surface area contributed by atoms with E-state index in [9.17, 15) is 24.6 Å². The number of phenolic OH excluding ortho intramolecular Hbond substituents is 1. The molecule has 0 bridgehead atoms. The molecule has 0 aliphatic carbocycles. The van der Waals surface area contributed by atoms with Gasteiger partial charge in [0.15, 0.2) is 18.0 Å². The van der Waals surface area contributed by atoms with Gasteiger partial charge in [0.05, 0.1) is 13.5 Å². The van der Waals surface area contributed by atoms with Crippen LogP contribution in [0, 0.1) is 5.92 Å². The van der Waals surface area contributed by atoms with Crippen molar-refractivity contribution >= 4 is 17.7 Å². The second-order valence-electron chi connectivity index (χ2n) is 5.89. The van der Waals surface area contributed by atoms with Crippen molar-refractivity contribution < 1.29 is 38.8 Å². The number of hydrogen-bond acceptors (Lipinski definition) is 8. The van der Waals surface area contributed by atoms with E-state index in [1.54, 1.807) is 0 Å². The number of aliphatic hydroxyl groups excluding tert-OH is 1. The highest BCUT2D eigenvalue weighted by Crippen LogP contribution is 2.44. The molecular weight excluding hydrogens is 320 g/mol. The molecule has 0 radical (unpaired) electrons. The molecule has 3 rings (SSSR count). The van der Waals surface area contributed by atoms with Crippen LogP contribution in [0.1, 0.15) is 23.7 Å². The number of carbonyl (C=O) groups excluding carboxylic acids is 3. The zero-order chi connectivity index (χ0) is 17.6. The third-order valence-corrected chi connectivity index (χ3v) is 4.45. The van der Waals surface area contributed by atoms with E-state index in [0.717, 1.165) is 7.11 Å². The lowest BCUT2D eigenvalue weighted by Crippen LogP contribution is -2.59. The maximum Gasteiger partial charge on any atom is 0.354 e. The Morgan fingerprint density at radius 2 is 2.08 bits per heavy atom. The predicted octanol–water partition coefficient (Wildman–Crippen LogP) is 0.192. The van der Waals surface area contributed by atoms with Crippen molar-refractivity contribution in [1.82, 2.24) is 0 Å². The molecule has 1 aromatic carbocycles. The highest BCUT2D eigenvalue weighted by Gasteiger charge is 2.62. The smallest absolute Gasteiger partial charge is 0.354 e. The number of cyclic esters (lactones) is 1. The lowest BCUT2D eigenvalue weighted by Gasteiger charge is -2.39. The van der Waals surface area contributed by atoms with Gasteiger partial charge >= 0.3 is 11.9 Å². The molecule has 0 saturated carbocycles. The standard InChI is InChI=1S/C16H16O8/c1-7-12(19)14(20)23-13(7)16(15(21)22-2)6-9(18)11-8(17)4-3-5-10(11)24-16/h3-5,7,12-13,17,19H,6H2,1-2H3. The van der Waals surface area contributed by atoms with Crippen LogP contribution in [0.25, 0.3) is 0 Å². The number of esters is 2. The Kier molecular flexibility index (Phi) is 3.71.